The molecule has 5 heteroatoms. The molecule has 0 fully saturated rings. The van der Waals surface area contributed by atoms with E-state index in [9.17, 15) is 4.79 Å². The van der Waals surface area contributed by atoms with Gasteiger partial charge in [0.05, 0.1) is 0 Å². The fourth-order valence-corrected chi connectivity index (χ4v) is 1.31. The van der Waals surface area contributed by atoms with Gasteiger partial charge in [-0.3, -0.25) is 0 Å². The number of nitrogens with zero attached hydrogens (tertiary/aromatic N) is 1. The second kappa shape index (κ2) is 4.06. The highest BCUT2D eigenvalue weighted by molar-refractivity contribution is 5.86. The van der Waals surface area contributed by atoms with E-state index in [1.807, 2.05) is 31.3 Å². The number of hydrogen-bond acceptors (Lipinski definition) is 4. The summed E-state index contributed by atoms with van der Waals surface area (Å²) < 4.78 is 4.93. The Labute approximate surface area is 91.7 Å². The number of carbonyl (C=O) groups is 1. The van der Waals surface area contributed by atoms with Crippen molar-refractivity contribution in [3.05, 3.63) is 36.0 Å². The van der Waals surface area contributed by atoms with Crippen molar-refractivity contribution in [1.82, 2.24) is 5.16 Å². The highest BCUT2D eigenvalue weighted by Crippen LogP contribution is 2.22. The second-order valence-electron chi connectivity index (χ2n) is 3.21. The smallest absolute Gasteiger partial charge is 0.358 e. The molecule has 0 saturated carbocycles. The number of carboxylic acid groups (broad SMARTS) is 1. The van der Waals surface area contributed by atoms with E-state index in [1.165, 1.54) is 6.07 Å². The summed E-state index contributed by atoms with van der Waals surface area (Å²) in [6, 6.07) is 8.81. The van der Waals surface area contributed by atoms with Gasteiger partial charge in [0, 0.05) is 24.4 Å². The minimum Gasteiger partial charge on any atom is -0.476 e. The average molecular weight is 218 g/mol. The van der Waals surface area contributed by atoms with Gasteiger partial charge in [0.2, 0.25) is 0 Å². The van der Waals surface area contributed by atoms with E-state index in [0.29, 0.717) is 5.76 Å². The van der Waals surface area contributed by atoms with Gasteiger partial charge in [-0.15, -0.1) is 0 Å². The minimum atomic E-state index is -1.10. The number of anilines is 1. The maximum atomic E-state index is 10.6. The normalized spacial score (nSPS) is 10.1. The Bertz CT molecular complexity index is 502. The van der Waals surface area contributed by atoms with Crippen molar-refractivity contribution in [2.75, 3.05) is 12.4 Å². The molecule has 0 unspecified atom stereocenters. The zero-order chi connectivity index (χ0) is 11.5. The monoisotopic (exact) mass is 218 g/mol. The molecule has 1 aromatic carbocycles. The highest BCUT2D eigenvalue weighted by atomic mass is 16.5. The van der Waals surface area contributed by atoms with E-state index >= 15 is 0 Å². The first-order valence-corrected chi connectivity index (χ1v) is 4.69. The largest absolute Gasteiger partial charge is 0.476 e. The van der Waals surface area contributed by atoms with Crippen LogP contribution in [0.25, 0.3) is 11.3 Å². The van der Waals surface area contributed by atoms with Gasteiger partial charge in [-0.2, -0.15) is 0 Å². The number of aromatic carboxylic acids is 1. The SMILES string of the molecule is CNc1ccc(-c2cc(C(=O)O)no2)cc1. The van der Waals surface area contributed by atoms with E-state index in [0.717, 1.165) is 11.3 Å². The molecule has 2 N–H and O–H groups in total. The van der Waals surface area contributed by atoms with Crippen molar-refractivity contribution in [3.8, 4) is 11.3 Å². The molecule has 0 radical (unpaired) electrons. The maximum Gasteiger partial charge on any atom is 0.358 e. The second-order valence-corrected chi connectivity index (χ2v) is 3.21. The Balaban J connectivity index is 2.31. The van der Waals surface area contributed by atoms with E-state index < -0.39 is 5.97 Å². The van der Waals surface area contributed by atoms with Crippen molar-refractivity contribution in [2.24, 2.45) is 0 Å². The van der Waals surface area contributed by atoms with Crippen molar-refractivity contribution < 1.29 is 14.4 Å². The molecule has 0 saturated heterocycles. The summed E-state index contributed by atoms with van der Waals surface area (Å²) >= 11 is 0. The van der Waals surface area contributed by atoms with Crippen LogP contribution in [0, 0.1) is 0 Å². The van der Waals surface area contributed by atoms with E-state index in [1.54, 1.807) is 0 Å². The maximum absolute atomic E-state index is 10.6. The number of carboxylic acids is 1. The fourth-order valence-electron chi connectivity index (χ4n) is 1.31. The van der Waals surface area contributed by atoms with Gasteiger partial charge in [-0.05, 0) is 24.3 Å². The van der Waals surface area contributed by atoms with Gasteiger partial charge in [0.1, 0.15) is 0 Å². The van der Waals surface area contributed by atoms with Crippen LogP contribution >= 0.6 is 0 Å². The molecule has 1 heterocycles. The average Bonchev–Trinajstić information content (AvgIpc) is 2.78. The molecule has 82 valence electrons. The quantitative estimate of drug-likeness (QED) is 0.824. The van der Waals surface area contributed by atoms with Crippen molar-refractivity contribution in [1.29, 1.82) is 0 Å². The van der Waals surface area contributed by atoms with Crippen LogP contribution in [0.15, 0.2) is 34.9 Å². The first kappa shape index (κ1) is 10.2. The lowest BCUT2D eigenvalue weighted by Gasteiger charge is -1.99. The molecule has 16 heavy (non-hydrogen) atoms. The Morgan fingerprint density at radius 1 is 1.38 bits per heavy atom. The molecule has 0 spiro atoms. The van der Waals surface area contributed by atoms with Gasteiger partial charge in [-0.25, -0.2) is 4.79 Å². The molecule has 2 rings (SSSR count). The number of nitrogens with one attached hydrogen (secondary N) is 1. The Hall–Kier alpha value is -2.30. The van der Waals surface area contributed by atoms with Crippen LogP contribution in [0.3, 0.4) is 0 Å². The summed E-state index contributed by atoms with van der Waals surface area (Å²) in [7, 11) is 1.83. The van der Waals surface area contributed by atoms with Crippen LogP contribution in [0.4, 0.5) is 5.69 Å². The van der Waals surface area contributed by atoms with Crippen LogP contribution in [-0.2, 0) is 0 Å². The Kier molecular flexibility index (Phi) is 2.59. The molecule has 0 aliphatic heterocycles. The zero-order valence-electron chi connectivity index (χ0n) is 8.60. The summed E-state index contributed by atoms with van der Waals surface area (Å²) in [5, 5.41) is 15.1. The predicted molar refractivity (Wildman–Crippen MR) is 58.4 cm³/mol. The fraction of sp³-hybridized carbons (Fsp3) is 0.0909. The van der Waals surface area contributed by atoms with Crippen molar-refractivity contribution >= 4 is 11.7 Å². The van der Waals surface area contributed by atoms with Gasteiger partial charge in [0.25, 0.3) is 0 Å². The lowest BCUT2D eigenvalue weighted by atomic mass is 10.1. The number of rotatable bonds is 3. The lowest BCUT2D eigenvalue weighted by Crippen LogP contribution is -1.94. The van der Waals surface area contributed by atoms with Gasteiger partial charge in [-0.1, -0.05) is 5.16 Å². The molecule has 0 bridgehead atoms. The molecule has 0 aliphatic rings. The number of hydrogen-bond donors (Lipinski definition) is 2. The number of benzene rings is 1. The standard InChI is InChI=1S/C11H10N2O3/c1-12-8-4-2-7(3-5-8)10-6-9(11(14)15)13-16-10/h2-6,12H,1H3,(H,14,15). The number of aromatic nitrogens is 1. The summed E-state index contributed by atoms with van der Waals surface area (Å²) in [6.45, 7) is 0. The van der Waals surface area contributed by atoms with Crippen molar-refractivity contribution in [2.45, 2.75) is 0 Å². The predicted octanol–water partition coefficient (Wildman–Crippen LogP) is 2.08. The third-order valence-electron chi connectivity index (χ3n) is 2.19. The molecule has 0 amide bonds. The third kappa shape index (κ3) is 1.88. The highest BCUT2D eigenvalue weighted by Gasteiger charge is 2.11. The zero-order valence-corrected chi connectivity index (χ0v) is 8.60. The third-order valence-corrected chi connectivity index (χ3v) is 2.19. The van der Waals surface area contributed by atoms with Gasteiger partial charge in [0.15, 0.2) is 11.5 Å². The molecular formula is C11H10N2O3. The van der Waals surface area contributed by atoms with Crippen LogP contribution in [0.2, 0.25) is 0 Å². The molecule has 5 nitrogen and oxygen atoms in total. The Morgan fingerprint density at radius 3 is 2.56 bits per heavy atom. The minimum absolute atomic E-state index is 0.0901. The summed E-state index contributed by atoms with van der Waals surface area (Å²) in [5.74, 6) is -0.651. The van der Waals surface area contributed by atoms with E-state index in [4.69, 9.17) is 9.63 Å². The molecular weight excluding hydrogens is 208 g/mol. The summed E-state index contributed by atoms with van der Waals surface area (Å²) in [6.07, 6.45) is 0. The lowest BCUT2D eigenvalue weighted by molar-refractivity contribution is 0.0686. The summed E-state index contributed by atoms with van der Waals surface area (Å²) in [5.41, 5.74) is 1.67. The van der Waals surface area contributed by atoms with Crippen LogP contribution in [-0.4, -0.2) is 23.3 Å². The first-order valence-electron chi connectivity index (χ1n) is 4.69. The van der Waals surface area contributed by atoms with E-state index in [2.05, 4.69) is 10.5 Å². The molecule has 0 atom stereocenters. The first-order chi connectivity index (χ1) is 7.70. The van der Waals surface area contributed by atoms with Gasteiger partial charge < -0.3 is 14.9 Å². The Morgan fingerprint density at radius 2 is 2.06 bits per heavy atom. The molecule has 1 aromatic heterocycles. The van der Waals surface area contributed by atoms with Crippen molar-refractivity contribution in [3.63, 3.8) is 0 Å². The topological polar surface area (TPSA) is 75.4 Å². The van der Waals surface area contributed by atoms with Crippen LogP contribution in [0.1, 0.15) is 10.5 Å². The molecule has 2 aromatic rings. The van der Waals surface area contributed by atoms with Crippen LogP contribution < -0.4 is 5.32 Å². The van der Waals surface area contributed by atoms with Crippen LogP contribution in [0.5, 0.6) is 0 Å². The van der Waals surface area contributed by atoms with Gasteiger partial charge >= 0.3 is 5.97 Å². The summed E-state index contributed by atoms with van der Waals surface area (Å²) in [4.78, 5) is 10.6. The van der Waals surface area contributed by atoms with E-state index in [-0.39, 0.29) is 5.69 Å². The molecule has 0 aliphatic carbocycles.